The predicted molar refractivity (Wildman–Crippen MR) is 92.2 cm³/mol. The highest BCUT2D eigenvalue weighted by molar-refractivity contribution is 5.89. The summed E-state index contributed by atoms with van der Waals surface area (Å²) in [7, 11) is 0. The topological polar surface area (TPSA) is 114 Å². The normalized spacial score (nSPS) is 34.2. The first kappa shape index (κ1) is 17.9. The van der Waals surface area contributed by atoms with E-state index >= 15 is 0 Å². The van der Waals surface area contributed by atoms with Crippen LogP contribution in [-0.2, 0) is 15.3 Å². The number of nitrogens with one attached hydrogen (secondary N) is 1. The third-order valence-electron chi connectivity index (χ3n) is 5.78. The Hall–Kier alpha value is -2.88. The quantitative estimate of drug-likeness (QED) is 0.892. The zero-order chi connectivity index (χ0) is 19.0. The third-order valence-corrected chi connectivity index (χ3v) is 5.78. The molecule has 2 heterocycles. The van der Waals surface area contributed by atoms with Crippen LogP contribution in [0.15, 0.2) is 30.3 Å². The Bertz CT molecular complexity index is 833. The summed E-state index contributed by atoms with van der Waals surface area (Å²) >= 11 is 0. The van der Waals surface area contributed by atoms with Gasteiger partial charge in [0.1, 0.15) is 0 Å². The lowest BCUT2D eigenvalue weighted by Crippen LogP contribution is -2.60. The van der Waals surface area contributed by atoms with Crippen LogP contribution in [0.1, 0.15) is 38.7 Å². The number of rotatable bonds is 4. The van der Waals surface area contributed by atoms with Crippen molar-refractivity contribution in [2.24, 2.45) is 16.7 Å². The fourth-order valence-corrected chi connectivity index (χ4v) is 4.30. The highest BCUT2D eigenvalue weighted by Crippen LogP contribution is 2.65. The molecule has 2 bridgehead atoms. The van der Waals surface area contributed by atoms with E-state index in [9.17, 15) is 15.8 Å². The van der Waals surface area contributed by atoms with E-state index in [0.717, 1.165) is 12.8 Å². The summed E-state index contributed by atoms with van der Waals surface area (Å²) in [5.41, 5.74) is -2.79. The number of hydrogen-bond acceptors (Lipinski definition) is 6. The number of nitrogens with zero attached hydrogens (tertiary/aromatic N) is 3. The van der Waals surface area contributed by atoms with Crippen molar-refractivity contribution >= 4 is 5.90 Å². The Labute approximate surface area is 153 Å². The van der Waals surface area contributed by atoms with Crippen LogP contribution >= 0.6 is 0 Å². The molecule has 26 heavy (non-hydrogen) atoms. The lowest BCUT2D eigenvalue weighted by molar-refractivity contribution is -0.286. The van der Waals surface area contributed by atoms with Gasteiger partial charge in [-0.25, -0.2) is 0 Å². The first-order valence-corrected chi connectivity index (χ1v) is 8.74. The van der Waals surface area contributed by atoms with Crippen LogP contribution in [0.25, 0.3) is 0 Å². The fourth-order valence-electron chi connectivity index (χ4n) is 4.30. The molecule has 2 saturated heterocycles. The van der Waals surface area contributed by atoms with Crippen LogP contribution in [0.4, 0.5) is 0 Å². The van der Waals surface area contributed by atoms with Gasteiger partial charge in [0.2, 0.25) is 11.7 Å². The Balaban J connectivity index is 2.27. The fraction of sp³-hybridized carbons (Fsp3) is 0.500. The summed E-state index contributed by atoms with van der Waals surface area (Å²) in [6.45, 7) is 3.73. The second-order valence-corrected chi connectivity index (χ2v) is 6.89. The average molecular weight is 348 g/mol. The smallest absolute Gasteiger partial charge is 0.243 e. The predicted octanol–water partition coefficient (Wildman–Crippen LogP) is 3.62. The Morgan fingerprint density at radius 3 is 2.31 bits per heavy atom. The third kappa shape index (κ3) is 1.90. The minimum atomic E-state index is -1.79. The number of fused-ring (bicyclic) bond motifs is 2. The molecule has 6 nitrogen and oxygen atoms in total. The van der Waals surface area contributed by atoms with Gasteiger partial charge in [0.15, 0.2) is 10.8 Å². The largest absolute Gasteiger partial charge is 0.443 e. The summed E-state index contributed by atoms with van der Waals surface area (Å²) in [5.74, 6) is -2.39. The van der Waals surface area contributed by atoms with E-state index in [1.807, 2.05) is 49.4 Å². The molecule has 6 heteroatoms. The monoisotopic (exact) mass is 348 g/mol. The molecule has 0 aromatic heterocycles. The first-order chi connectivity index (χ1) is 12.5. The van der Waals surface area contributed by atoms with Crippen LogP contribution < -0.4 is 0 Å². The minimum Gasteiger partial charge on any atom is -0.443 e. The number of benzene rings is 1. The molecule has 4 atom stereocenters. The Kier molecular flexibility index (Phi) is 4.23. The molecule has 0 radical (unpaired) electrons. The van der Waals surface area contributed by atoms with Gasteiger partial charge in [0, 0.05) is 5.56 Å². The van der Waals surface area contributed by atoms with Gasteiger partial charge in [-0.1, -0.05) is 57.0 Å². The van der Waals surface area contributed by atoms with Crippen molar-refractivity contribution in [3.63, 3.8) is 0 Å². The van der Waals surface area contributed by atoms with Gasteiger partial charge in [-0.2, -0.15) is 15.8 Å². The van der Waals surface area contributed by atoms with E-state index in [1.54, 1.807) is 6.92 Å². The molecule has 2 fully saturated rings. The van der Waals surface area contributed by atoms with Crippen LogP contribution in [-0.4, -0.2) is 12.0 Å². The molecule has 4 unspecified atom stereocenters. The van der Waals surface area contributed by atoms with Crippen molar-refractivity contribution in [2.75, 3.05) is 0 Å². The molecule has 0 aliphatic carbocycles. The zero-order valence-corrected chi connectivity index (χ0v) is 14.8. The van der Waals surface area contributed by atoms with Gasteiger partial charge in [-0.3, -0.25) is 5.41 Å². The van der Waals surface area contributed by atoms with Gasteiger partial charge < -0.3 is 9.47 Å². The summed E-state index contributed by atoms with van der Waals surface area (Å²) in [4.78, 5) is 0. The maximum atomic E-state index is 10.1. The second kappa shape index (κ2) is 6.13. The summed E-state index contributed by atoms with van der Waals surface area (Å²) in [6, 6.07) is 15.4. The lowest BCUT2D eigenvalue weighted by atomic mass is 9.53. The van der Waals surface area contributed by atoms with Crippen molar-refractivity contribution in [2.45, 2.75) is 45.0 Å². The highest BCUT2D eigenvalue weighted by atomic mass is 16.7. The SMILES string of the molecule is CCCCC1OC2(c3ccccc3)OC(=N)C(C#N)(C2C)C1(C#N)C#N. The number of nitriles is 3. The van der Waals surface area contributed by atoms with E-state index in [2.05, 4.69) is 6.07 Å². The van der Waals surface area contributed by atoms with Gasteiger partial charge in [-0.15, -0.1) is 0 Å². The molecule has 1 aromatic rings. The Morgan fingerprint density at radius 2 is 1.77 bits per heavy atom. The molecule has 0 saturated carbocycles. The van der Waals surface area contributed by atoms with Crippen LogP contribution in [0.2, 0.25) is 0 Å². The van der Waals surface area contributed by atoms with Crippen LogP contribution in [0, 0.1) is 56.2 Å². The number of ether oxygens (including phenoxy) is 2. The van der Waals surface area contributed by atoms with Gasteiger partial charge in [-0.05, 0) is 6.42 Å². The van der Waals surface area contributed by atoms with Crippen molar-refractivity contribution in [1.29, 1.82) is 21.2 Å². The molecule has 1 N–H and O–H groups in total. The summed E-state index contributed by atoms with van der Waals surface area (Å²) in [6.07, 6.45) is 1.22. The molecule has 2 aliphatic heterocycles. The van der Waals surface area contributed by atoms with E-state index in [-0.39, 0.29) is 5.90 Å². The molecule has 0 amide bonds. The molecule has 0 spiro atoms. The van der Waals surface area contributed by atoms with E-state index in [0.29, 0.717) is 12.0 Å². The molecule has 1 aromatic carbocycles. The van der Waals surface area contributed by atoms with Crippen molar-refractivity contribution < 1.29 is 9.47 Å². The van der Waals surface area contributed by atoms with E-state index < -0.39 is 28.6 Å². The molecule has 2 aliphatic rings. The van der Waals surface area contributed by atoms with Gasteiger partial charge >= 0.3 is 0 Å². The average Bonchev–Trinajstić information content (AvgIpc) is 2.84. The first-order valence-electron chi connectivity index (χ1n) is 8.74. The maximum absolute atomic E-state index is 10.1. The molecule has 132 valence electrons. The van der Waals surface area contributed by atoms with Crippen molar-refractivity contribution in [3.05, 3.63) is 35.9 Å². The molecular formula is C20H20N4O2. The molecular weight excluding hydrogens is 328 g/mol. The second-order valence-electron chi connectivity index (χ2n) is 6.89. The summed E-state index contributed by atoms with van der Waals surface area (Å²) in [5, 5.41) is 38.4. The maximum Gasteiger partial charge on any atom is 0.243 e. The van der Waals surface area contributed by atoms with Crippen LogP contribution in [0.3, 0.4) is 0 Å². The number of hydrogen-bond donors (Lipinski definition) is 1. The lowest BCUT2D eigenvalue weighted by Gasteiger charge is -2.48. The van der Waals surface area contributed by atoms with Gasteiger partial charge in [0.25, 0.3) is 0 Å². The van der Waals surface area contributed by atoms with Crippen molar-refractivity contribution in [3.8, 4) is 18.2 Å². The highest BCUT2D eigenvalue weighted by Gasteiger charge is 2.79. The van der Waals surface area contributed by atoms with E-state index in [1.165, 1.54) is 0 Å². The van der Waals surface area contributed by atoms with Gasteiger partial charge in [0.05, 0.1) is 30.2 Å². The number of unbranched alkanes of at least 4 members (excludes halogenated alkanes) is 1. The molecule has 3 rings (SSSR count). The summed E-state index contributed by atoms with van der Waals surface area (Å²) < 4.78 is 12.2. The minimum absolute atomic E-state index is 0.363. The van der Waals surface area contributed by atoms with Crippen molar-refractivity contribution in [1.82, 2.24) is 0 Å². The zero-order valence-electron chi connectivity index (χ0n) is 14.8. The standard InChI is InChI=1S/C20H20N4O2/c1-3-4-10-16-18(11-21,12-22)19(13-23)14(2)20(25-16,26-17(19)24)15-8-6-5-7-9-15/h5-9,14,16,24H,3-4,10H2,1-2H3. The van der Waals surface area contributed by atoms with Crippen LogP contribution in [0.5, 0.6) is 0 Å². The Morgan fingerprint density at radius 1 is 1.12 bits per heavy atom. The van der Waals surface area contributed by atoms with E-state index in [4.69, 9.17) is 14.9 Å².